The number of methoxy groups -OCH3 is 1. The zero-order valence-corrected chi connectivity index (χ0v) is 36.5. The summed E-state index contributed by atoms with van der Waals surface area (Å²) in [6.45, 7) is 12.2. The number of hydrogen-bond acceptors (Lipinski definition) is 11. The van der Waals surface area contributed by atoms with Gasteiger partial charge < -0.3 is 45.0 Å². The molecule has 0 radical (unpaired) electrons. The predicted molar refractivity (Wildman–Crippen MR) is 219 cm³/mol. The summed E-state index contributed by atoms with van der Waals surface area (Å²) in [6, 6.07) is -0.924. The minimum absolute atomic E-state index is 0.0237. The molecule has 0 unspecified atom stereocenters. The van der Waals surface area contributed by atoms with Gasteiger partial charge in [-0.2, -0.15) is 0 Å². The van der Waals surface area contributed by atoms with E-state index in [9.17, 15) is 28.8 Å². The number of ether oxygens (including phenoxy) is 5. The van der Waals surface area contributed by atoms with Crippen molar-refractivity contribution in [1.29, 1.82) is 0 Å². The molecular formula is C42H78N4O11. The summed E-state index contributed by atoms with van der Waals surface area (Å²) < 4.78 is 26.3. The van der Waals surface area contributed by atoms with Crippen molar-refractivity contribution >= 4 is 35.6 Å². The van der Waals surface area contributed by atoms with Gasteiger partial charge in [-0.3, -0.25) is 24.0 Å². The van der Waals surface area contributed by atoms with Crippen LogP contribution < -0.4 is 21.3 Å². The van der Waals surface area contributed by atoms with Crippen LogP contribution >= 0.6 is 0 Å². The molecule has 57 heavy (non-hydrogen) atoms. The molecule has 0 aliphatic rings. The molecule has 0 aromatic heterocycles. The van der Waals surface area contributed by atoms with E-state index in [-0.39, 0.29) is 95.1 Å². The first-order chi connectivity index (χ1) is 27.0. The van der Waals surface area contributed by atoms with E-state index in [1.165, 1.54) is 58.5 Å². The Morgan fingerprint density at radius 3 is 1.44 bits per heavy atom. The minimum atomic E-state index is -0.924. The molecule has 0 aliphatic heterocycles. The van der Waals surface area contributed by atoms with Gasteiger partial charge in [0.1, 0.15) is 30.5 Å². The van der Waals surface area contributed by atoms with Crippen LogP contribution in [0.2, 0.25) is 0 Å². The maximum Gasteiger partial charge on any atom is 0.329 e. The summed E-state index contributed by atoms with van der Waals surface area (Å²) >= 11 is 0. The van der Waals surface area contributed by atoms with Crippen LogP contribution in [-0.2, 0) is 52.5 Å². The number of carbonyl (C=O) groups is 6. The number of unbranched alkanes of at least 4 members (excludes halogenated alkanes) is 13. The largest absolute Gasteiger partial charge is 0.460 e. The lowest BCUT2D eigenvalue weighted by Crippen LogP contribution is -2.44. The number of nitrogens with one attached hydrogen (secondary N) is 4. The number of amides is 4. The van der Waals surface area contributed by atoms with Gasteiger partial charge in [-0.1, -0.05) is 77.0 Å². The zero-order chi connectivity index (χ0) is 42.8. The molecule has 0 saturated heterocycles. The quantitative estimate of drug-likeness (QED) is 0.0485. The standard InChI is InChI=1S/C42H78N4O11/c1-41(2,3)56-39(51)23-21-19-17-15-13-11-9-8-10-12-14-16-18-20-22-36(48)46-34(40(52)57-42(4,5)6)24-25-35(47)45-28-29-54-30-31-55-33-38(50)44-27-26-43-37(49)32-53-7/h34H,8-33H2,1-7H3,(H,43,49)(H,44,50)(H,45,47)(H,46,48)/t34-/m0/s1. The van der Waals surface area contributed by atoms with E-state index in [4.69, 9.17) is 23.7 Å². The van der Waals surface area contributed by atoms with Crippen molar-refractivity contribution in [2.75, 3.05) is 59.8 Å². The van der Waals surface area contributed by atoms with Gasteiger partial charge in [0.2, 0.25) is 23.6 Å². The highest BCUT2D eigenvalue weighted by atomic mass is 16.6. The van der Waals surface area contributed by atoms with Crippen LogP contribution in [0.15, 0.2) is 0 Å². The summed E-state index contributed by atoms with van der Waals surface area (Å²) in [5.74, 6) is -1.75. The summed E-state index contributed by atoms with van der Waals surface area (Å²) in [7, 11) is 1.42. The second-order valence-corrected chi connectivity index (χ2v) is 16.4. The van der Waals surface area contributed by atoms with E-state index in [0.717, 1.165) is 38.5 Å². The molecule has 0 saturated carbocycles. The first kappa shape index (κ1) is 53.7. The van der Waals surface area contributed by atoms with E-state index < -0.39 is 23.2 Å². The van der Waals surface area contributed by atoms with Gasteiger partial charge in [-0.15, -0.1) is 0 Å². The average molecular weight is 815 g/mol. The SMILES string of the molecule is COCC(=O)NCCNC(=O)COCCOCCNC(=O)CC[C@H](NC(=O)CCCCCCCCCCCCCCCCC(=O)OC(C)(C)C)C(=O)OC(C)(C)C. The third kappa shape index (κ3) is 38.0. The van der Waals surface area contributed by atoms with E-state index in [1.807, 2.05) is 20.8 Å². The monoisotopic (exact) mass is 815 g/mol. The van der Waals surface area contributed by atoms with Crippen LogP contribution in [0, 0.1) is 0 Å². The van der Waals surface area contributed by atoms with Crippen LogP contribution in [0.3, 0.4) is 0 Å². The molecule has 15 heteroatoms. The van der Waals surface area contributed by atoms with Crippen molar-refractivity contribution in [1.82, 2.24) is 21.3 Å². The lowest BCUT2D eigenvalue weighted by molar-refractivity contribution is -0.159. The lowest BCUT2D eigenvalue weighted by atomic mass is 10.0. The zero-order valence-electron chi connectivity index (χ0n) is 36.5. The highest BCUT2D eigenvalue weighted by Crippen LogP contribution is 2.16. The highest BCUT2D eigenvalue weighted by molar-refractivity contribution is 5.85. The molecule has 0 spiro atoms. The Labute approximate surface area is 342 Å². The lowest BCUT2D eigenvalue weighted by Gasteiger charge is -2.24. The molecule has 0 rings (SSSR count). The molecule has 0 fully saturated rings. The molecule has 15 nitrogen and oxygen atoms in total. The number of carbonyl (C=O) groups excluding carboxylic acids is 6. The summed E-state index contributed by atoms with van der Waals surface area (Å²) in [5, 5.41) is 10.7. The number of esters is 2. The Morgan fingerprint density at radius 1 is 0.474 bits per heavy atom. The molecule has 332 valence electrons. The molecular weight excluding hydrogens is 736 g/mol. The molecule has 0 aromatic rings. The van der Waals surface area contributed by atoms with Crippen molar-refractivity contribution in [2.24, 2.45) is 0 Å². The van der Waals surface area contributed by atoms with Crippen molar-refractivity contribution in [2.45, 2.75) is 174 Å². The summed E-state index contributed by atoms with van der Waals surface area (Å²) in [4.78, 5) is 72.8. The number of hydrogen-bond donors (Lipinski definition) is 4. The van der Waals surface area contributed by atoms with Crippen LogP contribution in [-0.4, -0.2) is 113 Å². The van der Waals surface area contributed by atoms with E-state index >= 15 is 0 Å². The highest BCUT2D eigenvalue weighted by Gasteiger charge is 2.27. The minimum Gasteiger partial charge on any atom is -0.460 e. The van der Waals surface area contributed by atoms with Crippen LogP contribution in [0.4, 0.5) is 0 Å². The summed E-state index contributed by atoms with van der Waals surface area (Å²) in [5.41, 5.74) is -1.14. The van der Waals surface area contributed by atoms with E-state index in [2.05, 4.69) is 21.3 Å². The maximum atomic E-state index is 12.9. The fourth-order valence-corrected chi connectivity index (χ4v) is 5.61. The van der Waals surface area contributed by atoms with Crippen LogP contribution in [0.1, 0.15) is 157 Å². The Balaban J connectivity index is 4.03. The van der Waals surface area contributed by atoms with Gasteiger partial charge in [0, 0.05) is 46.0 Å². The van der Waals surface area contributed by atoms with Crippen molar-refractivity contribution in [3.63, 3.8) is 0 Å². The van der Waals surface area contributed by atoms with Gasteiger partial charge in [0.05, 0.1) is 19.8 Å². The van der Waals surface area contributed by atoms with E-state index in [1.54, 1.807) is 20.8 Å². The normalized spacial score (nSPS) is 12.1. The summed E-state index contributed by atoms with van der Waals surface area (Å²) in [6.07, 6.45) is 16.7. The molecule has 4 N–H and O–H groups in total. The molecule has 0 aromatic carbocycles. The van der Waals surface area contributed by atoms with Gasteiger partial charge in [-0.25, -0.2) is 4.79 Å². The first-order valence-corrected chi connectivity index (χ1v) is 21.2. The Hall–Kier alpha value is -3.30. The fraction of sp³-hybridized carbons (Fsp3) is 0.857. The first-order valence-electron chi connectivity index (χ1n) is 21.2. The van der Waals surface area contributed by atoms with Crippen molar-refractivity contribution < 1.29 is 52.5 Å². The van der Waals surface area contributed by atoms with Gasteiger partial charge in [0.25, 0.3) is 0 Å². The molecule has 0 aliphatic carbocycles. The molecule has 0 bridgehead atoms. The van der Waals surface area contributed by atoms with Gasteiger partial charge in [0.15, 0.2) is 0 Å². The Morgan fingerprint density at radius 2 is 0.930 bits per heavy atom. The topological polar surface area (TPSA) is 197 Å². The van der Waals surface area contributed by atoms with Gasteiger partial charge >= 0.3 is 11.9 Å². The van der Waals surface area contributed by atoms with Crippen LogP contribution in [0.25, 0.3) is 0 Å². The Bertz CT molecular complexity index is 1120. The van der Waals surface area contributed by atoms with Crippen molar-refractivity contribution in [3.8, 4) is 0 Å². The van der Waals surface area contributed by atoms with Crippen molar-refractivity contribution in [3.05, 3.63) is 0 Å². The van der Waals surface area contributed by atoms with Gasteiger partial charge in [-0.05, 0) is 60.8 Å². The average Bonchev–Trinajstić information content (AvgIpc) is 3.11. The second-order valence-electron chi connectivity index (χ2n) is 16.4. The second kappa shape index (κ2) is 33.6. The van der Waals surface area contributed by atoms with E-state index in [0.29, 0.717) is 12.8 Å². The number of rotatable bonds is 35. The third-order valence-electron chi connectivity index (χ3n) is 8.36. The molecule has 0 heterocycles. The third-order valence-corrected chi connectivity index (χ3v) is 8.36. The molecule has 4 amide bonds. The maximum absolute atomic E-state index is 12.9. The predicted octanol–water partition coefficient (Wildman–Crippen LogP) is 5.20. The molecule has 1 atom stereocenters. The van der Waals surface area contributed by atoms with Crippen LogP contribution in [0.5, 0.6) is 0 Å². The smallest absolute Gasteiger partial charge is 0.329 e. The Kier molecular flexibility index (Phi) is 31.7. The fourth-order valence-electron chi connectivity index (χ4n) is 5.61.